The van der Waals surface area contributed by atoms with Crippen LogP contribution in [0.1, 0.15) is 18.2 Å². The Hall–Kier alpha value is -0.890. The Morgan fingerprint density at radius 1 is 1.42 bits per heavy atom. The predicted octanol–water partition coefficient (Wildman–Crippen LogP) is 1.84. The molecule has 2 heteroatoms. The zero-order valence-electron chi connectivity index (χ0n) is 8.04. The molecule has 12 heavy (non-hydrogen) atoms. The fourth-order valence-corrected chi connectivity index (χ4v) is 1.02. The summed E-state index contributed by atoms with van der Waals surface area (Å²) in [6.45, 7) is 6.23. The van der Waals surface area contributed by atoms with Crippen molar-refractivity contribution in [3.05, 3.63) is 29.6 Å². The Kier molecular flexibility index (Phi) is 3.23. The van der Waals surface area contributed by atoms with Gasteiger partial charge in [-0.1, -0.05) is 13.0 Å². The molecule has 0 amide bonds. The lowest BCUT2D eigenvalue weighted by Gasteiger charge is -2.12. The highest BCUT2D eigenvalue weighted by Gasteiger charge is 1.96. The van der Waals surface area contributed by atoms with Gasteiger partial charge in [-0.15, -0.1) is 0 Å². The highest BCUT2D eigenvalue weighted by molar-refractivity contribution is 5.12. The van der Waals surface area contributed by atoms with E-state index in [-0.39, 0.29) is 0 Å². The third kappa shape index (κ3) is 2.62. The summed E-state index contributed by atoms with van der Waals surface area (Å²) in [6.07, 6.45) is 1.95. The van der Waals surface area contributed by atoms with Crippen LogP contribution in [0.5, 0.6) is 0 Å². The maximum absolute atomic E-state index is 4.24. The minimum absolute atomic E-state index is 0.990. The smallest absolute Gasteiger partial charge is 0.0372 e. The van der Waals surface area contributed by atoms with Crippen molar-refractivity contribution in [2.24, 2.45) is 0 Å². The van der Waals surface area contributed by atoms with Crippen molar-refractivity contribution < 1.29 is 0 Å². The SMILES string of the molecule is CCN(C)Cc1ccc(C)nc1. The highest BCUT2D eigenvalue weighted by Crippen LogP contribution is 2.01. The normalized spacial score (nSPS) is 10.7. The maximum Gasteiger partial charge on any atom is 0.0372 e. The molecule has 0 saturated carbocycles. The van der Waals surface area contributed by atoms with E-state index in [9.17, 15) is 0 Å². The van der Waals surface area contributed by atoms with E-state index in [4.69, 9.17) is 0 Å². The number of hydrogen-bond donors (Lipinski definition) is 0. The molecule has 2 nitrogen and oxygen atoms in total. The summed E-state index contributed by atoms with van der Waals surface area (Å²) < 4.78 is 0. The third-order valence-electron chi connectivity index (χ3n) is 1.96. The summed E-state index contributed by atoms with van der Waals surface area (Å²) in [4.78, 5) is 6.50. The summed E-state index contributed by atoms with van der Waals surface area (Å²) >= 11 is 0. The molecule has 0 aliphatic rings. The van der Waals surface area contributed by atoms with E-state index in [2.05, 4.69) is 36.0 Å². The van der Waals surface area contributed by atoms with Crippen LogP contribution in [0.15, 0.2) is 18.3 Å². The number of pyridine rings is 1. The Morgan fingerprint density at radius 2 is 2.17 bits per heavy atom. The van der Waals surface area contributed by atoms with E-state index in [0.717, 1.165) is 18.8 Å². The van der Waals surface area contributed by atoms with Crippen molar-refractivity contribution in [3.63, 3.8) is 0 Å². The molecular formula is C10H16N2. The Balaban J connectivity index is 2.58. The van der Waals surface area contributed by atoms with E-state index in [1.54, 1.807) is 0 Å². The highest BCUT2D eigenvalue weighted by atomic mass is 15.1. The zero-order chi connectivity index (χ0) is 8.97. The first-order valence-corrected chi connectivity index (χ1v) is 4.32. The van der Waals surface area contributed by atoms with Crippen LogP contribution in [0.3, 0.4) is 0 Å². The fraction of sp³-hybridized carbons (Fsp3) is 0.500. The van der Waals surface area contributed by atoms with Crippen LogP contribution in [0, 0.1) is 6.92 Å². The van der Waals surface area contributed by atoms with Crippen LogP contribution in [-0.2, 0) is 6.54 Å². The average Bonchev–Trinajstić information content (AvgIpc) is 2.09. The first-order chi connectivity index (χ1) is 5.72. The van der Waals surface area contributed by atoms with Gasteiger partial charge in [0.05, 0.1) is 0 Å². The topological polar surface area (TPSA) is 16.1 Å². The largest absolute Gasteiger partial charge is 0.302 e. The maximum atomic E-state index is 4.24. The van der Waals surface area contributed by atoms with Gasteiger partial charge in [0, 0.05) is 18.4 Å². The van der Waals surface area contributed by atoms with Crippen molar-refractivity contribution >= 4 is 0 Å². The van der Waals surface area contributed by atoms with Crippen molar-refractivity contribution in [1.82, 2.24) is 9.88 Å². The van der Waals surface area contributed by atoms with Crippen LogP contribution >= 0.6 is 0 Å². The lowest BCUT2D eigenvalue weighted by atomic mass is 10.2. The molecule has 0 saturated heterocycles. The van der Waals surface area contributed by atoms with Crippen LogP contribution < -0.4 is 0 Å². The van der Waals surface area contributed by atoms with Gasteiger partial charge in [-0.2, -0.15) is 0 Å². The van der Waals surface area contributed by atoms with Gasteiger partial charge in [0.2, 0.25) is 0 Å². The van der Waals surface area contributed by atoms with Gasteiger partial charge in [-0.3, -0.25) is 4.98 Å². The standard InChI is InChI=1S/C10H16N2/c1-4-12(3)8-10-6-5-9(2)11-7-10/h5-7H,4,8H2,1-3H3. The summed E-state index contributed by atoms with van der Waals surface area (Å²) in [5.41, 5.74) is 2.36. The van der Waals surface area contributed by atoms with Crippen molar-refractivity contribution in [1.29, 1.82) is 0 Å². The molecule has 0 bridgehead atoms. The molecule has 0 unspecified atom stereocenters. The van der Waals surface area contributed by atoms with Crippen LogP contribution in [-0.4, -0.2) is 23.5 Å². The Labute approximate surface area is 74.2 Å². The molecule has 0 radical (unpaired) electrons. The predicted molar refractivity (Wildman–Crippen MR) is 51.0 cm³/mol. The Bertz CT molecular complexity index is 228. The van der Waals surface area contributed by atoms with Crippen LogP contribution in [0.2, 0.25) is 0 Å². The second kappa shape index (κ2) is 4.21. The Morgan fingerprint density at radius 3 is 2.67 bits per heavy atom. The first kappa shape index (κ1) is 9.20. The molecule has 66 valence electrons. The van der Waals surface area contributed by atoms with E-state index in [1.165, 1.54) is 5.56 Å². The monoisotopic (exact) mass is 164 g/mol. The lowest BCUT2D eigenvalue weighted by Crippen LogP contribution is -2.16. The van der Waals surface area contributed by atoms with Gasteiger partial charge >= 0.3 is 0 Å². The fourth-order valence-electron chi connectivity index (χ4n) is 1.02. The molecule has 0 aliphatic heterocycles. The van der Waals surface area contributed by atoms with Gasteiger partial charge in [-0.05, 0) is 32.1 Å². The average molecular weight is 164 g/mol. The minimum Gasteiger partial charge on any atom is -0.302 e. The number of aromatic nitrogens is 1. The van der Waals surface area contributed by atoms with Gasteiger partial charge in [0.25, 0.3) is 0 Å². The van der Waals surface area contributed by atoms with Crippen molar-refractivity contribution in [2.75, 3.05) is 13.6 Å². The second-order valence-electron chi connectivity index (χ2n) is 3.14. The van der Waals surface area contributed by atoms with E-state index in [0.29, 0.717) is 0 Å². The second-order valence-corrected chi connectivity index (χ2v) is 3.14. The summed E-state index contributed by atoms with van der Waals surface area (Å²) in [7, 11) is 2.11. The number of hydrogen-bond acceptors (Lipinski definition) is 2. The molecule has 0 spiro atoms. The molecule has 1 heterocycles. The molecule has 0 N–H and O–H groups in total. The molecule has 0 fully saturated rings. The van der Waals surface area contributed by atoms with E-state index in [1.807, 2.05) is 13.1 Å². The van der Waals surface area contributed by atoms with E-state index < -0.39 is 0 Å². The molecule has 0 aromatic carbocycles. The minimum atomic E-state index is 0.990. The first-order valence-electron chi connectivity index (χ1n) is 4.32. The van der Waals surface area contributed by atoms with Gasteiger partial charge < -0.3 is 4.90 Å². The van der Waals surface area contributed by atoms with Crippen molar-refractivity contribution in [3.8, 4) is 0 Å². The van der Waals surface area contributed by atoms with Gasteiger partial charge in [-0.25, -0.2) is 0 Å². The molecule has 1 aromatic heterocycles. The molecule has 0 atom stereocenters. The van der Waals surface area contributed by atoms with Crippen molar-refractivity contribution in [2.45, 2.75) is 20.4 Å². The summed E-state index contributed by atoms with van der Waals surface area (Å²) in [5, 5.41) is 0. The number of aryl methyl sites for hydroxylation is 1. The van der Waals surface area contributed by atoms with Crippen LogP contribution in [0.25, 0.3) is 0 Å². The quantitative estimate of drug-likeness (QED) is 0.677. The molecular weight excluding hydrogens is 148 g/mol. The van der Waals surface area contributed by atoms with Gasteiger partial charge in [0.15, 0.2) is 0 Å². The summed E-state index contributed by atoms with van der Waals surface area (Å²) in [5.74, 6) is 0. The lowest BCUT2D eigenvalue weighted by molar-refractivity contribution is 0.345. The third-order valence-corrected chi connectivity index (χ3v) is 1.96. The van der Waals surface area contributed by atoms with Crippen LogP contribution in [0.4, 0.5) is 0 Å². The van der Waals surface area contributed by atoms with E-state index >= 15 is 0 Å². The summed E-state index contributed by atoms with van der Waals surface area (Å²) in [6, 6.07) is 4.19. The molecule has 0 aliphatic carbocycles. The molecule has 1 rings (SSSR count). The number of nitrogens with zero attached hydrogens (tertiary/aromatic N) is 2. The zero-order valence-corrected chi connectivity index (χ0v) is 8.04. The number of rotatable bonds is 3. The molecule has 1 aromatic rings. The van der Waals surface area contributed by atoms with Gasteiger partial charge in [0.1, 0.15) is 0 Å².